The van der Waals surface area contributed by atoms with Crippen LogP contribution in [0.1, 0.15) is 29.3 Å². The fourth-order valence-corrected chi connectivity index (χ4v) is 5.25. The Labute approximate surface area is 203 Å². The van der Waals surface area contributed by atoms with Crippen LogP contribution in [0.5, 0.6) is 5.75 Å². The van der Waals surface area contributed by atoms with Crippen molar-refractivity contribution >= 4 is 40.2 Å². The first-order valence-corrected chi connectivity index (χ1v) is 11.8. The number of anilines is 1. The molecule has 35 heavy (non-hydrogen) atoms. The number of hydrogen-bond acceptors (Lipinski definition) is 8. The number of nitrogens with one attached hydrogen (secondary N) is 2. The lowest BCUT2D eigenvalue weighted by Crippen LogP contribution is -2.48. The number of amides is 4. The van der Waals surface area contributed by atoms with Crippen molar-refractivity contribution in [3.63, 3.8) is 0 Å². The van der Waals surface area contributed by atoms with Gasteiger partial charge in [0.25, 0.3) is 5.91 Å². The van der Waals surface area contributed by atoms with Gasteiger partial charge >= 0.3 is 12.0 Å². The van der Waals surface area contributed by atoms with E-state index in [9.17, 15) is 19.2 Å². The number of para-hydroxylation sites is 1. The van der Waals surface area contributed by atoms with Crippen molar-refractivity contribution in [1.29, 1.82) is 0 Å². The molecule has 1 saturated heterocycles. The third-order valence-corrected chi connectivity index (χ3v) is 6.76. The maximum Gasteiger partial charge on any atom is 0.341 e. The summed E-state index contributed by atoms with van der Waals surface area (Å²) in [5.41, 5.74) is -0.107. The molecule has 10 nitrogen and oxygen atoms in total. The predicted molar refractivity (Wildman–Crippen MR) is 125 cm³/mol. The smallest absolute Gasteiger partial charge is 0.341 e. The minimum atomic E-state index is -1.28. The van der Waals surface area contributed by atoms with Crippen LogP contribution in [-0.2, 0) is 19.9 Å². The zero-order chi connectivity index (χ0) is 24.6. The molecule has 2 aliphatic heterocycles. The maximum atomic E-state index is 13.4. The van der Waals surface area contributed by atoms with Gasteiger partial charge in [0.15, 0.2) is 5.54 Å². The van der Waals surface area contributed by atoms with Gasteiger partial charge in [0.1, 0.15) is 28.6 Å². The lowest BCUT2D eigenvalue weighted by atomic mass is 9.84. The molecule has 2 aromatic heterocycles. The van der Waals surface area contributed by atoms with Gasteiger partial charge in [0.2, 0.25) is 5.91 Å². The lowest BCUT2D eigenvalue weighted by molar-refractivity contribution is -0.135. The third kappa shape index (κ3) is 3.83. The maximum absolute atomic E-state index is 13.4. The van der Waals surface area contributed by atoms with E-state index in [1.807, 2.05) is 0 Å². The number of benzene rings is 1. The van der Waals surface area contributed by atoms with Crippen LogP contribution < -0.4 is 15.4 Å². The number of urea groups is 1. The number of hydrogen-bond donors (Lipinski definition) is 2. The van der Waals surface area contributed by atoms with Crippen molar-refractivity contribution in [1.82, 2.24) is 10.2 Å². The minimum Gasteiger partial charge on any atom is -0.493 e. The Morgan fingerprint density at radius 1 is 1.23 bits per heavy atom. The fraction of sp³-hybridized carbons (Fsp3) is 0.250. The number of nitrogens with zero attached hydrogens (tertiary/aromatic N) is 1. The van der Waals surface area contributed by atoms with E-state index in [1.54, 1.807) is 48.7 Å². The number of ether oxygens (including phenoxy) is 2. The Hall–Kier alpha value is -4.12. The zero-order valence-electron chi connectivity index (χ0n) is 18.7. The standard InChI is InChI=1S/C24H21N3O7S/c1-2-32-21(29)19-14(16-8-5-10-33-16)13-35-20(19)25-18(28)12-27-22(30)24(26-23(27)31)9-11-34-17-7-4-3-6-15(17)24/h3-8,10,13H,2,9,11-12H2,1H3,(H,25,28)(H,26,31). The van der Waals surface area contributed by atoms with Crippen molar-refractivity contribution in [2.24, 2.45) is 0 Å². The summed E-state index contributed by atoms with van der Waals surface area (Å²) >= 11 is 1.12. The van der Waals surface area contributed by atoms with Gasteiger partial charge < -0.3 is 24.5 Å². The van der Waals surface area contributed by atoms with E-state index in [2.05, 4.69) is 10.6 Å². The van der Waals surface area contributed by atoms with Gasteiger partial charge in [-0.15, -0.1) is 11.3 Å². The molecule has 1 fully saturated rings. The summed E-state index contributed by atoms with van der Waals surface area (Å²) in [4.78, 5) is 52.6. The molecular formula is C24H21N3O7S. The first-order valence-electron chi connectivity index (χ1n) is 10.9. The summed E-state index contributed by atoms with van der Waals surface area (Å²) in [7, 11) is 0. The second-order valence-corrected chi connectivity index (χ2v) is 8.80. The molecule has 3 aromatic rings. The highest BCUT2D eigenvalue weighted by Gasteiger charge is 2.55. The largest absolute Gasteiger partial charge is 0.493 e. The van der Waals surface area contributed by atoms with Crippen LogP contribution in [0, 0.1) is 0 Å². The van der Waals surface area contributed by atoms with E-state index in [-0.39, 0.29) is 30.2 Å². The van der Waals surface area contributed by atoms with Gasteiger partial charge in [-0.25, -0.2) is 9.59 Å². The molecule has 0 aliphatic carbocycles. The molecule has 2 N–H and O–H groups in total. The minimum absolute atomic E-state index is 0.146. The molecule has 0 bridgehead atoms. The second-order valence-electron chi connectivity index (χ2n) is 7.92. The molecule has 1 atom stereocenters. The number of carbonyl (C=O) groups is 4. The number of imide groups is 1. The van der Waals surface area contributed by atoms with Crippen LogP contribution in [-0.4, -0.2) is 48.5 Å². The number of furan rings is 1. The van der Waals surface area contributed by atoms with Gasteiger partial charge in [0, 0.05) is 22.9 Å². The van der Waals surface area contributed by atoms with E-state index in [0.717, 1.165) is 16.2 Å². The first-order chi connectivity index (χ1) is 16.9. The van der Waals surface area contributed by atoms with Gasteiger partial charge in [-0.2, -0.15) is 0 Å². The van der Waals surface area contributed by atoms with E-state index in [0.29, 0.717) is 22.6 Å². The molecule has 180 valence electrons. The quantitative estimate of drug-likeness (QED) is 0.397. The number of esters is 1. The fourth-order valence-electron chi connectivity index (χ4n) is 4.29. The summed E-state index contributed by atoms with van der Waals surface area (Å²) in [5.74, 6) is -0.824. The van der Waals surface area contributed by atoms with E-state index < -0.39 is 35.9 Å². The van der Waals surface area contributed by atoms with Crippen LogP contribution in [0.15, 0.2) is 52.5 Å². The average Bonchev–Trinajstić information content (AvgIpc) is 3.56. The van der Waals surface area contributed by atoms with E-state index >= 15 is 0 Å². The normalized spacial score (nSPS) is 18.7. The summed E-state index contributed by atoms with van der Waals surface area (Å²) in [6, 6.07) is 9.70. The highest BCUT2D eigenvalue weighted by atomic mass is 32.1. The molecular weight excluding hydrogens is 474 g/mol. The molecule has 2 aliphatic rings. The van der Waals surface area contributed by atoms with Crippen LogP contribution in [0.25, 0.3) is 11.3 Å². The average molecular weight is 496 g/mol. The SMILES string of the molecule is CCOC(=O)c1c(-c2ccco2)csc1NC(=O)CN1C(=O)NC2(CCOc3ccccc32)C1=O. The topological polar surface area (TPSA) is 127 Å². The molecule has 4 amide bonds. The molecule has 0 radical (unpaired) electrons. The van der Waals surface area contributed by atoms with Crippen molar-refractivity contribution in [2.45, 2.75) is 18.9 Å². The van der Waals surface area contributed by atoms with Crippen LogP contribution in [0.4, 0.5) is 9.80 Å². The van der Waals surface area contributed by atoms with Crippen molar-refractivity contribution < 1.29 is 33.1 Å². The van der Waals surface area contributed by atoms with Crippen LogP contribution in [0.3, 0.4) is 0 Å². The van der Waals surface area contributed by atoms with Gasteiger partial charge in [-0.05, 0) is 25.1 Å². The lowest BCUT2D eigenvalue weighted by Gasteiger charge is -2.33. The van der Waals surface area contributed by atoms with Gasteiger partial charge in [-0.3, -0.25) is 14.5 Å². The highest BCUT2D eigenvalue weighted by molar-refractivity contribution is 7.15. The summed E-state index contributed by atoms with van der Waals surface area (Å²) in [6.07, 6.45) is 1.72. The number of fused-ring (bicyclic) bond motifs is 2. The molecule has 1 aromatic carbocycles. The Morgan fingerprint density at radius 3 is 2.83 bits per heavy atom. The molecule has 11 heteroatoms. The Morgan fingerprint density at radius 2 is 2.06 bits per heavy atom. The number of rotatable bonds is 6. The Kier molecular flexibility index (Phi) is 5.77. The Bertz CT molecular complexity index is 1320. The third-order valence-electron chi connectivity index (χ3n) is 5.87. The zero-order valence-corrected chi connectivity index (χ0v) is 19.5. The molecule has 0 saturated carbocycles. The van der Waals surface area contributed by atoms with Gasteiger partial charge in [-0.1, -0.05) is 18.2 Å². The predicted octanol–water partition coefficient (Wildman–Crippen LogP) is 3.35. The summed E-state index contributed by atoms with van der Waals surface area (Å²) in [5, 5.41) is 7.31. The molecule has 4 heterocycles. The summed E-state index contributed by atoms with van der Waals surface area (Å²) in [6.45, 7) is 1.55. The van der Waals surface area contributed by atoms with Crippen LogP contribution in [0.2, 0.25) is 0 Å². The second kappa shape index (κ2) is 8.91. The van der Waals surface area contributed by atoms with E-state index in [4.69, 9.17) is 13.9 Å². The van der Waals surface area contributed by atoms with Crippen molar-refractivity contribution in [3.8, 4) is 17.1 Å². The highest BCUT2D eigenvalue weighted by Crippen LogP contribution is 2.41. The van der Waals surface area contributed by atoms with Crippen molar-refractivity contribution in [3.05, 3.63) is 59.2 Å². The molecule has 1 unspecified atom stereocenters. The van der Waals surface area contributed by atoms with E-state index in [1.165, 1.54) is 6.26 Å². The summed E-state index contributed by atoms with van der Waals surface area (Å²) < 4.78 is 16.2. The molecule has 5 rings (SSSR count). The van der Waals surface area contributed by atoms with Crippen molar-refractivity contribution in [2.75, 3.05) is 25.1 Å². The number of carbonyl (C=O) groups excluding carboxylic acids is 4. The van der Waals surface area contributed by atoms with Crippen LogP contribution >= 0.6 is 11.3 Å². The first kappa shape index (κ1) is 22.7. The van der Waals surface area contributed by atoms with Gasteiger partial charge in [0.05, 0.1) is 19.5 Å². The Balaban J connectivity index is 1.38. The monoisotopic (exact) mass is 495 g/mol. The number of thiophene rings is 1. The molecule has 1 spiro atoms.